The number of nitrogens with zero attached hydrogens (tertiary/aromatic N) is 3. The van der Waals surface area contributed by atoms with Crippen LogP contribution in [0.2, 0.25) is 0 Å². The van der Waals surface area contributed by atoms with Gasteiger partial charge in [-0.2, -0.15) is 10.1 Å². The molecule has 0 spiro atoms. The maximum atomic E-state index is 13.6. The van der Waals surface area contributed by atoms with Crippen LogP contribution >= 0.6 is 11.8 Å². The van der Waals surface area contributed by atoms with Crippen LogP contribution < -0.4 is 14.8 Å². The summed E-state index contributed by atoms with van der Waals surface area (Å²) < 4.78 is 24.3. The number of aliphatic imine (C=N–C) groups is 1. The number of rotatable bonds is 5. The molecular formula is C28H23FN4O4S. The fraction of sp³-hybridized carbons (Fsp3) is 0.214. The van der Waals surface area contributed by atoms with Crippen molar-refractivity contribution in [3.63, 3.8) is 0 Å². The van der Waals surface area contributed by atoms with Crippen LogP contribution in [0.25, 0.3) is 0 Å². The quantitative estimate of drug-likeness (QED) is 0.497. The van der Waals surface area contributed by atoms with E-state index in [4.69, 9.17) is 14.6 Å². The maximum Gasteiger partial charge on any atom is 0.262 e. The van der Waals surface area contributed by atoms with Crippen LogP contribution in [0.1, 0.15) is 35.6 Å². The number of thioether (sulfide) groups is 1. The molecule has 0 unspecified atom stereocenters. The van der Waals surface area contributed by atoms with Crippen LogP contribution in [0.15, 0.2) is 76.8 Å². The molecule has 0 saturated heterocycles. The van der Waals surface area contributed by atoms with Gasteiger partial charge < -0.3 is 14.8 Å². The van der Waals surface area contributed by atoms with E-state index in [-0.39, 0.29) is 36.9 Å². The van der Waals surface area contributed by atoms with E-state index < -0.39 is 5.25 Å². The van der Waals surface area contributed by atoms with E-state index in [0.717, 1.165) is 22.4 Å². The minimum atomic E-state index is -0.675. The molecule has 1 N–H and O–H groups in total. The van der Waals surface area contributed by atoms with Crippen molar-refractivity contribution in [3.8, 4) is 11.5 Å². The number of aryl methyl sites for hydroxylation is 1. The van der Waals surface area contributed by atoms with Crippen LogP contribution in [0.5, 0.6) is 11.5 Å². The Balaban J connectivity index is 1.19. The Labute approximate surface area is 222 Å². The lowest BCUT2D eigenvalue weighted by atomic mass is 9.98. The van der Waals surface area contributed by atoms with E-state index in [9.17, 15) is 14.0 Å². The Morgan fingerprint density at radius 3 is 2.63 bits per heavy atom. The molecular weight excluding hydrogens is 507 g/mol. The van der Waals surface area contributed by atoms with E-state index in [1.54, 1.807) is 35.3 Å². The van der Waals surface area contributed by atoms with Gasteiger partial charge in [-0.3, -0.25) is 9.59 Å². The van der Waals surface area contributed by atoms with Gasteiger partial charge >= 0.3 is 0 Å². The average molecular weight is 531 g/mol. The normalized spacial score (nSPS) is 19.9. The summed E-state index contributed by atoms with van der Waals surface area (Å²) in [7, 11) is 0. The predicted octanol–water partition coefficient (Wildman–Crippen LogP) is 5.04. The molecule has 0 aliphatic carbocycles. The number of anilines is 1. The first-order valence-electron chi connectivity index (χ1n) is 12.1. The largest absolute Gasteiger partial charge is 0.454 e. The molecule has 3 heterocycles. The maximum absolute atomic E-state index is 13.6. The number of carbonyl (C=O) groups is 2. The minimum Gasteiger partial charge on any atom is -0.454 e. The highest BCUT2D eigenvalue weighted by molar-refractivity contribution is 8.15. The SMILES string of the molecule is Cc1ccc(C2=NN(C3=NC(=O)[C@H](CC(=O)Nc4ccc5c(c4)OCO5)S3)[C@@H](c3ccc(F)cc3)C2)cc1. The second kappa shape index (κ2) is 9.94. The third kappa shape index (κ3) is 4.87. The van der Waals surface area contributed by atoms with Crippen molar-refractivity contribution >= 4 is 40.1 Å². The molecule has 2 amide bonds. The summed E-state index contributed by atoms with van der Waals surface area (Å²) in [5.74, 6) is 0.153. The van der Waals surface area contributed by atoms with Gasteiger partial charge in [-0.1, -0.05) is 53.7 Å². The van der Waals surface area contributed by atoms with Gasteiger partial charge in [0.25, 0.3) is 5.91 Å². The molecule has 8 nitrogen and oxygen atoms in total. The molecule has 2 atom stereocenters. The summed E-state index contributed by atoms with van der Waals surface area (Å²) in [5, 5.41) is 9.11. The van der Waals surface area contributed by atoms with Gasteiger partial charge in [0.05, 0.1) is 11.8 Å². The standard InChI is InChI=1S/C28H23FN4O4S/c1-16-2-4-17(5-3-16)21-13-22(18-6-8-19(29)9-7-18)33(32-21)28-31-27(35)25(38-28)14-26(34)30-20-10-11-23-24(12-20)37-15-36-23/h2-12,22,25H,13-15H2,1H3,(H,30,34)/t22-,25+/m1/s1. The molecule has 6 rings (SSSR count). The van der Waals surface area contributed by atoms with Gasteiger partial charge in [0.1, 0.15) is 11.1 Å². The fourth-order valence-corrected chi connectivity index (χ4v) is 5.57. The van der Waals surface area contributed by atoms with Crippen molar-refractivity contribution in [3.05, 3.63) is 89.2 Å². The van der Waals surface area contributed by atoms with Crippen LogP contribution in [-0.2, 0) is 9.59 Å². The van der Waals surface area contributed by atoms with Crippen molar-refractivity contribution in [2.75, 3.05) is 12.1 Å². The number of carbonyl (C=O) groups excluding carboxylic acids is 2. The van der Waals surface area contributed by atoms with Gasteiger partial charge in [0.15, 0.2) is 16.7 Å². The zero-order chi connectivity index (χ0) is 26.2. The lowest BCUT2D eigenvalue weighted by molar-refractivity contribution is -0.121. The zero-order valence-electron chi connectivity index (χ0n) is 20.4. The van der Waals surface area contributed by atoms with Gasteiger partial charge in [-0.15, -0.1) is 0 Å². The number of hydrogen-bond donors (Lipinski definition) is 1. The zero-order valence-corrected chi connectivity index (χ0v) is 21.2. The number of fused-ring (bicyclic) bond motifs is 1. The molecule has 0 fully saturated rings. The monoisotopic (exact) mass is 530 g/mol. The van der Waals surface area contributed by atoms with E-state index in [1.165, 1.54) is 23.9 Å². The first-order chi connectivity index (χ1) is 18.4. The topological polar surface area (TPSA) is 92.6 Å². The number of hydrazone groups is 1. The van der Waals surface area contributed by atoms with Crippen LogP contribution in [-0.4, -0.2) is 39.7 Å². The lowest BCUT2D eigenvalue weighted by Gasteiger charge is -2.23. The van der Waals surface area contributed by atoms with E-state index >= 15 is 0 Å². The number of amides is 2. The Morgan fingerprint density at radius 2 is 1.84 bits per heavy atom. The van der Waals surface area contributed by atoms with Crippen LogP contribution in [0, 0.1) is 12.7 Å². The van der Waals surface area contributed by atoms with Crippen molar-refractivity contribution in [2.24, 2.45) is 10.1 Å². The molecule has 10 heteroatoms. The van der Waals surface area contributed by atoms with Gasteiger partial charge in [-0.25, -0.2) is 9.40 Å². The Kier molecular flexibility index (Phi) is 6.32. The van der Waals surface area contributed by atoms with Crippen molar-refractivity contribution in [1.82, 2.24) is 5.01 Å². The highest BCUT2D eigenvalue weighted by Crippen LogP contribution is 2.39. The summed E-state index contributed by atoms with van der Waals surface area (Å²) >= 11 is 1.22. The first-order valence-corrected chi connectivity index (χ1v) is 13.0. The average Bonchev–Trinajstić information content (AvgIpc) is 3.63. The third-order valence-corrected chi connectivity index (χ3v) is 7.64. The summed E-state index contributed by atoms with van der Waals surface area (Å²) in [6, 6.07) is 19.2. The van der Waals surface area contributed by atoms with Crippen molar-refractivity contribution in [1.29, 1.82) is 0 Å². The molecule has 0 aromatic heterocycles. The second-order valence-electron chi connectivity index (χ2n) is 9.19. The highest BCUT2D eigenvalue weighted by Gasteiger charge is 2.39. The number of nitrogens with one attached hydrogen (secondary N) is 1. The van der Waals surface area contributed by atoms with Gasteiger partial charge in [0.2, 0.25) is 12.7 Å². The molecule has 0 saturated carbocycles. The van der Waals surface area contributed by atoms with Crippen molar-refractivity contribution < 1.29 is 23.5 Å². The van der Waals surface area contributed by atoms with E-state index in [1.807, 2.05) is 31.2 Å². The van der Waals surface area contributed by atoms with Crippen molar-refractivity contribution in [2.45, 2.75) is 31.1 Å². The molecule has 0 bridgehead atoms. The molecule has 38 heavy (non-hydrogen) atoms. The van der Waals surface area contributed by atoms with E-state index in [0.29, 0.717) is 28.8 Å². The molecule has 3 aliphatic heterocycles. The predicted molar refractivity (Wildman–Crippen MR) is 143 cm³/mol. The molecule has 3 aromatic rings. The Hall–Kier alpha value is -4.18. The summed E-state index contributed by atoms with van der Waals surface area (Å²) in [5.41, 5.74) is 4.37. The number of amidine groups is 1. The Bertz CT molecular complexity index is 1470. The number of benzene rings is 3. The van der Waals surface area contributed by atoms with E-state index in [2.05, 4.69) is 10.3 Å². The second-order valence-corrected chi connectivity index (χ2v) is 10.4. The van der Waals surface area contributed by atoms with Crippen LogP contribution in [0.3, 0.4) is 0 Å². The summed E-state index contributed by atoms with van der Waals surface area (Å²) in [6.07, 6.45) is 0.520. The van der Waals surface area contributed by atoms with Gasteiger partial charge in [0, 0.05) is 24.6 Å². The number of ether oxygens (including phenoxy) is 2. The molecule has 192 valence electrons. The Morgan fingerprint density at radius 1 is 1.08 bits per heavy atom. The molecule has 0 radical (unpaired) electrons. The smallest absolute Gasteiger partial charge is 0.262 e. The minimum absolute atomic E-state index is 0.0471. The van der Waals surface area contributed by atoms with Crippen LogP contribution in [0.4, 0.5) is 10.1 Å². The summed E-state index contributed by atoms with van der Waals surface area (Å²) in [6.45, 7) is 2.16. The molecule has 3 aliphatic rings. The fourth-order valence-electron chi connectivity index (χ4n) is 4.51. The lowest BCUT2D eigenvalue weighted by Crippen LogP contribution is -2.25. The first kappa shape index (κ1) is 24.2. The highest BCUT2D eigenvalue weighted by atomic mass is 32.2. The number of hydrogen-bond acceptors (Lipinski definition) is 7. The third-order valence-electron chi connectivity index (χ3n) is 6.50. The summed E-state index contributed by atoms with van der Waals surface area (Å²) in [4.78, 5) is 29.8. The van der Waals surface area contributed by atoms with Gasteiger partial charge in [-0.05, 0) is 42.3 Å². The molecule has 3 aromatic carbocycles. The number of halogens is 1.